The van der Waals surface area contributed by atoms with E-state index in [0.717, 1.165) is 32.8 Å². The van der Waals surface area contributed by atoms with Gasteiger partial charge in [0.2, 0.25) is 0 Å². The molecule has 2 atom stereocenters. The lowest BCUT2D eigenvalue weighted by Gasteiger charge is -2.18. The first kappa shape index (κ1) is 23.9. The molecule has 0 fully saturated rings. The number of rotatable bonds is 8. The maximum atomic E-state index is 13.0. The number of carbonyl (C=O) groups is 2. The summed E-state index contributed by atoms with van der Waals surface area (Å²) in [6.45, 7) is 0.0996. The number of hydrogen-bond acceptors (Lipinski definition) is 6. The number of benzene rings is 3. The molecule has 1 aromatic heterocycles. The molecule has 5 rings (SSSR count). The van der Waals surface area contributed by atoms with Crippen molar-refractivity contribution in [2.75, 3.05) is 6.61 Å². The number of nitrogens with one attached hydrogen (secondary N) is 2. The molecule has 0 spiro atoms. The van der Waals surface area contributed by atoms with Crippen LogP contribution in [0.15, 0.2) is 78.1 Å². The smallest absolute Gasteiger partial charge is 0.408 e. The number of alkyl carbamates (subject to hydrolysis) is 1. The van der Waals surface area contributed by atoms with Crippen LogP contribution < -0.4 is 5.32 Å². The third kappa shape index (κ3) is 5.68. The number of aromatic amines is 1. The molecule has 1 aliphatic heterocycles. The average molecular weight is 550 g/mol. The number of hydrogen-bond donors (Lipinski definition) is 2. The van der Waals surface area contributed by atoms with E-state index >= 15 is 0 Å². The lowest BCUT2D eigenvalue weighted by atomic mass is 10.1. The van der Waals surface area contributed by atoms with E-state index in [4.69, 9.17) is 14.3 Å². The summed E-state index contributed by atoms with van der Waals surface area (Å²) in [6, 6.07) is 20.7. The molecule has 36 heavy (non-hydrogen) atoms. The van der Waals surface area contributed by atoms with Crippen molar-refractivity contribution in [2.45, 2.75) is 31.6 Å². The fraction of sp³-hybridized carbons (Fsp3) is 0.222. The Kier molecular flexibility index (Phi) is 7.18. The van der Waals surface area contributed by atoms with Crippen LogP contribution in [0.5, 0.6) is 0 Å². The number of halogens is 1. The maximum absolute atomic E-state index is 13.0. The summed E-state index contributed by atoms with van der Waals surface area (Å²) >= 11 is 3.27. The van der Waals surface area contributed by atoms with Gasteiger partial charge in [-0.05, 0) is 50.0 Å². The SMILES string of the molecule is O=C(N[C@@H](Cc1c[nH]c2ccccc12)C(=O)OC[C@@H]1CC(Br)=NO1)OCc1ccc2ccccc2c1. The number of nitrogens with zero attached hydrogens (tertiary/aromatic N) is 1. The van der Waals surface area contributed by atoms with Crippen molar-refractivity contribution in [3.63, 3.8) is 0 Å². The molecule has 4 aromatic rings. The van der Waals surface area contributed by atoms with Gasteiger partial charge in [0.25, 0.3) is 0 Å². The Balaban J connectivity index is 1.25. The molecule has 0 radical (unpaired) electrons. The van der Waals surface area contributed by atoms with Crippen LogP contribution in [0.2, 0.25) is 0 Å². The van der Waals surface area contributed by atoms with Crippen LogP contribution in [-0.4, -0.2) is 40.4 Å². The van der Waals surface area contributed by atoms with E-state index in [1.54, 1.807) is 0 Å². The summed E-state index contributed by atoms with van der Waals surface area (Å²) < 4.78 is 11.6. The topological polar surface area (TPSA) is 102 Å². The van der Waals surface area contributed by atoms with E-state index < -0.39 is 18.1 Å². The molecule has 0 aliphatic carbocycles. The first-order valence-electron chi connectivity index (χ1n) is 11.6. The predicted molar refractivity (Wildman–Crippen MR) is 140 cm³/mol. The Morgan fingerprint density at radius 2 is 1.89 bits per heavy atom. The van der Waals surface area contributed by atoms with Crippen LogP contribution in [0.1, 0.15) is 17.5 Å². The number of amides is 1. The summed E-state index contributed by atoms with van der Waals surface area (Å²) in [4.78, 5) is 34.1. The van der Waals surface area contributed by atoms with E-state index in [2.05, 4.69) is 31.4 Å². The molecule has 3 aromatic carbocycles. The summed E-state index contributed by atoms with van der Waals surface area (Å²) in [6.07, 6.45) is 1.52. The van der Waals surface area contributed by atoms with Gasteiger partial charge < -0.3 is 24.6 Å². The second kappa shape index (κ2) is 10.8. The van der Waals surface area contributed by atoms with Crippen LogP contribution in [0.25, 0.3) is 21.7 Å². The van der Waals surface area contributed by atoms with Crippen molar-refractivity contribution >= 4 is 54.3 Å². The minimum Gasteiger partial charge on any atom is -0.460 e. The van der Waals surface area contributed by atoms with Gasteiger partial charge in [-0.3, -0.25) is 0 Å². The van der Waals surface area contributed by atoms with Gasteiger partial charge in [0.1, 0.15) is 23.9 Å². The first-order valence-corrected chi connectivity index (χ1v) is 12.4. The molecule has 9 heteroatoms. The van der Waals surface area contributed by atoms with Gasteiger partial charge in [0.15, 0.2) is 6.10 Å². The van der Waals surface area contributed by atoms with E-state index in [-0.39, 0.29) is 25.7 Å². The zero-order valence-corrected chi connectivity index (χ0v) is 20.9. The third-order valence-electron chi connectivity index (χ3n) is 5.97. The highest BCUT2D eigenvalue weighted by Crippen LogP contribution is 2.21. The van der Waals surface area contributed by atoms with Gasteiger partial charge in [-0.1, -0.05) is 59.8 Å². The number of carbonyl (C=O) groups excluding carboxylic acids is 2. The molecule has 1 aliphatic rings. The van der Waals surface area contributed by atoms with Crippen molar-refractivity contribution in [1.29, 1.82) is 0 Å². The Labute approximate surface area is 215 Å². The Hall–Kier alpha value is -3.85. The van der Waals surface area contributed by atoms with Crippen molar-refractivity contribution in [3.05, 3.63) is 84.1 Å². The van der Waals surface area contributed by atoms with Gasteiger partial charge in [-0.25, -0.2) is 9.59 Å². The molecule has 2 N–H and O–H groups in total. The average Bonchev–Trinajstić information content (AvgIpc) is 3.51. The fourth-order valence-corrected chi connectivity index (χ4v) is 4.58. The highest BCUT2D eigenvalue weighted by atomic mass is 79.9. The van der Waals surface area contributed by atoms with Gasteiger partial charge in [0.05, 0.1) is 0 Å². The minimum atomic E-state index is -0.945. The number of oxime groups is 1. The van der Waals surface area contributed by atoms with Gasteiger partial charge in [-0.15, -0.1) is 0 Å². The lowest BCUT2D eigenvalue weighted by Crippen LogP contribution is -2.44. The molecule has 1 amide bonds. The van der Waals surface area contributed by atoms with Gasteiger partial charge >= 0.3 is 12.1 Å². The number of esters is 1. The van der Waals surface area contributed by atoms with Crippen molar-refractivity contribution in [2.24, 2.45) is 5.16 Å². The highest BCUT2D eigenvalue weighted by molar-refractivity contribution is 9.18. The summed E-state index contributed by atoms with van der Waals surface area (Å²) in [7, 11) is 0. The largest absolute Gasteiger partial charge is 0.460 e. The highest BCUT2D eigenvalue weighted by Gasteiger charge is 2.27. The molecule has 8 nitrogen and oxygen atoms in total. The van der Waals surface area contributed by atoms with Crippen molar-refractivity contribution in [3.8, 4) is 0 Å². The summed E-state index contributed by atoms with van der Waals surface area (Å²) in [5.41, 5.74) is 2.67. The Morgan fingerprint density at radius 1 is 1.08 bits per heavy atom. The van der Waals surface area contributed by atoms with Gasteiger partial charge in [0, 0.05) is 29.9 Å². The van der Waals surface area contributed by atoms with Crippen LogP contribution in [0.3, 0.4) is 0 Å². The molecule has 0 saturated carbocycles. The van der Waals surface area contributed by atoms with E-state index in [1.807, 2.05) is 72.9 Å². The third-order valence-corrected chi connectivity index (χ3v) is 6.44. The second-order valence-corrected chi connectivity index (χ2v) is 9.46. The number of aromatic nitrogens is 1. The summed E-state index contributed by atoms with van der Waals surface area (Å²) in [5.74, 6) is -0.574. The monoisotopic (exact) mass is 549 g/mol. The van der Waals surface area contributed by atoms with Crippen molar-refractivity contribution in [1.82, 2.24) is 10.3 Å². The van der Waals surface area contributed by atoms with Crippen LogP contribution >= 0.6 is 15.9 Å². The standard InChI is InChI=1S/C27H24BrN3O5/c28-25-13-21(36-31-25)16-34-26(32)24(12-20-14-29-23-8-4-3-7-22(20)23)30-27(33)35-15-17-9-10-18-5-1-2-6-19(18)11-17/h1-11,14,21,24,29H,12-13,15-16H2,(H,30,33)/t21-,24-/m0/s1. The van der Waals surface area contributed by atoms with E-state index in [9.17, 15) is 9.59 Å². The Bertz CT molecular complexity index is 1430. The minimum absolute atomic E-state index is 0.0234. The second-order valence-electron chi connectivity index (χ2n) is 8.55. The normalized spacial score (nSPS) is 15.8. The van der Waals surface area contributed by atoms with Crippen molar-refractivity contribution < 1.29 is 23.9 Å². The van der Waals surface area contributed by atoms with Crippen LogP contribution in [0.4, 0.5) is 4.79 Å². The fourth-order valence-electron chi connectivity index (χ4n) is 4.13. The number of ether oxygens (including phenoxy) is 2. The molecular formula is C27H24BrN3O5. The zero-order valence-electron chi connectivity index (χ0n) is 19.3. The number of fused-ring (bicyclic) bond motifs is 2. The van der Waals surface area contributed by atoms with Crippen LogP contribution in [0, 0.1) is 0 Å². The molecular weight excluding hydrogens is 526 g/mol. The summed E-state index contributed by atoms with van der Waals surface area (Å²) in [5, 5.41) is 9.62. The molecule has 184 valence electrons. The number of para-hydroxylation sites is 1. The number of H-pyrrole nitrogens is 1. The lowest BCUT2D eigenvalue weighted by molar-refractivity contribution is -0.149. The van der Waals surface area contributed by atoms with E-state index in [0.29, 0.717) is 11.0 Å². The predicted octanol–water partition coefficient (Wildman–Crippen LogP) is 5.20. The van der Waals surface area contributed by atoms with Crippen LogP contribution in [-0.2, 0) is 32.1 Å². The zero-order chi connectivity index (χ0) is 24.9. The molecule has 0 saturated heterocycles. The molecule has 0 unspecified atom stereocenters. The first-order chi connectivity index (χ1) is 17.5. The molecule has 0 bridgehead atoms. The maximum Gasteiger partial charge on any atom is 0.408 e. The molecule has 2 heterocycles. The quantitative estimate of drug-likeness (QED) is 0.294. The Morgan fingerprint density at radius 3 is 2.72 bits per heavy atom. The van der Waals surface area contributed by atoms with Gasteiger partial charge in [-0.2, -0.15) is 0 Å². The van der Waals surface area contributed by atoms with E-state index in [1.165, 1.54) is 0 Å².